The summed E-state index contributed by atoms with van der Waals surface area (Å²) in [7, 11) is -0.721. The summed E-state index contributed by atoms with van der Waals surface area (Å²) < 4.78 is 11.4. The first kappa shape index (κ1) is 11.3. The summed E-state index contributed by atoms with van der Waals surface area (Å²) in [5.74, 6) is 1.45. The zero-order valence-corrected chi connectivity index (χ0v) is 9.00. The van der Waals surface area contributed by atoms with Crippen LogP contribution in [-0.2, 0) is 17.2 Å². The van der Waals surface area contributed by atoms with Crippen molar-refractivity contribution >= 4 is 10.8 Å². The van der Waals surface area contributed by atoms with Crippen LogP contribution < -0.4 is 5.73 Å². The fraction of sp³-hybridized carbons (Fsp3) is 0.500. The van der Waals surface area contributed by atoms with E-state index in [9.17, 15) is 4.21 Å². The van der Waals surface area contributed by atoms with Crippen LogP contribution in [0.15, 0.2) is 24.5 Å². The van der Waals surface area contributed by atoms with Crippen molar-refractivity contribution in [2.45, 2.75) is 12.8 Å². The highest BCUT2D eigenvalue weighted by Gasteiger charge is 1.99. The average Bonchev–Trinajstić information content (AvgIpc) is 2.25. The van der Waals surface area contributed by atoms with Gasteiger partial charge in [-0.15, -0.1) is 0 Å². The molecule has 1 rings (SSSR count). The van der Waals surface area contributed by atoms with Gasteiger partial charge >= 0.3 is 0 Å². The molecular weight excluding hydrogens is 196 g/mol. The summed E-state index contributed by atoms with van der Waals surface area (Å²) >= 11 is 0. The molecule has 0 amide bonds. The van der Waals surface area contributed by atoms with Gasteiger partial charge in [-0.2, -0.15) is 0 Å². The van der Waals surface area contributed by atoms with Gasteiger partial charge in [-0.05, 0) is 37.1 Å². The highest BCUT2D eigenvalue weighted by Crippen LogP contribution is 1.99. The fourth-order valence-electron chi connectivity index (χ4n) is 1.13. The summed E-state index contributed by atoms with van der Waals surface area (Å²) in [6, 6.07) is 3.92. The molecule has 0 radical (unpaired) electrons. The van der Waals surface area contributed by atoms with Crippen molar-refractivity contribution in [3.05, 3.63) is 30.1 Å². The van der Waals surface area contributed by atoms with E-state index in [1.807, 2.05) is 12.1 Å². The zero-order chi connectivity index (χ0) is 10.2. The van der Waals surface area contributed by atoms with Gasteiger partial charge in [0, 0.05) is 34.7 Å². The van der Waals surface area contributed by atoms with Crippen molar-refractivity contribution < 1.29 is 4.21 Å². The molecule has 0 aliphatic rings. The number of hydrogen-bond donors (Lipinski definition) is 1. The van der Waals surface area contributed by atoms with Crippen LogP contribution in [-0.4, -0.2) is 27.2 Å². The van der Waals surface area contributed by atoms with Crippen LogP contribution in [0.5, 0.6) is 0 Å². The molecule has 4 heteroatoms. The van der Waals surface area contributed by atoms with Crippen LogP contribution in [0.25, 0.3) is 0 Å². The molecule has 0 bridgehead atoms. The summed E-state index contributed by atoms with van der Waals surface area (Å²) in [6.07, 6.45) is 5.24. The number of pyridine rings is 1. The molecular formula is C10H16N2OS. The molecule has 78 valence electrons. The third-order valence-corrected chi connectivity index (χ3v) is 3.35. The number of rotatable bonds is 6. The molecule has 1 aromatic rings. The molecule has 14 heavy (non-hydrogen) atoms. The van der Waals surface area contributed by atoms with Crippen LogP contribution in [0.4, 0.5) is 0 Å². The number of hydrogen-bond acceptors (Lipinski definition) is 3. The van der Waals surface area contributed by atoms with E-state index in [1.165, 1.54) is 5.56 Å². The second kappa shape index (κ2) is 6.68. The molecule has 3 nitrogen and oxygen atoms in total. The number of nitrogens with two attached hydrogens (primary N) is 1. The van der Waals surface area contributed by atoms with Crippen molar-refractivity contribution in [1.82, 2.24) is 4.98 Å². The molecule has 1 heterocycles. The van der Waals surface area contributed by atoms with E-state index in [2.05, 4.69) is 4.98 Å². The predicted octanol–water partition coefficient (Wildman–Crippen LogP) is 0.722. The lowest BCUT2D eigenvalue weighted by Gasteiger charge is -2.01. The lowest BCUT2D eigenvalue weighted by atomic mass is 10.2. The van der Waals surface area contributed by atoms with Crippen molar-refractivity contribution in [3.8, 4) is 0 Å². The topological polar surface area (TPSA) is 56.0 Å². The molecule has 0 saturated heterocycles. The highest BCUT2D eigenvalue weighted by molar-refractivity contribution is 7.84. The summed E-state index contributed by atoms with van der Waals surface area (Å²) in [5.41, 5.74) is 6.54. The Labute approximate surface area is 87.2 Å². The lowest BCUT2D eigenvalue weighted by molar-refractivity contribution is 0.680. The summed E-state index contributed by atoms with van der Waals surface area (Å²) in [6.45, 7) is 0.626. The molecule has 2 N–H and O–H groups in total. The maximum Gasteiger partial charge on any atom is 0.0275 e. The molecule has 1 atom stereocenters. The van der Waals surface area contributed by atoms with E-state index < -0.39 is 10.8 Å². The second-order valence-corrected chi connectivity index (χ2v) is 4.79. The molecule has 0 aliphatic heterocycles. The van der Waals surface area contributed by atoms with E-state index in [0.29, 0.717) is 6.54 Å². The Morgan fingerprint density at radius 2 is 2.00 bits per heavy atom. The molecule has 0 spiro atoms. The molecule has 0 aromatic carbocycles. The quantitative estimate of drug-likeness (QED) is 0.756. The second-order valence-electron chi connectivity index (χ2n) is 3.10. The minimum atomic E-state index is -0.721. The molecule has 0 saturated carbocycles. The number of aryl methyl sites for hydroxylation is 1. The normalized spacial score (nSPS) is 12.6. The van der Waals surface area contributed by atoms with Crippen LogP contribution in [0.1, 0.15) is 12.0 Å². The van der Waals surface area contributed by atoms with Gasteiger partial charge in [0.1, 0.15) is 0 Å². The third-order valence-electron chi connectivity index (χ3n) is 1.94. The zero-order valence-electron chi connectivity index (χ0n) is 8.19. The molecule has 1 unspecified atom stereocenters. The summed E-state index contributed by atoms with van der Waals surface area (Å²) in [4.78, 5) is 3.93. The van der Waals surface area contributed by atoms with Crippen molar-refractivity contribution in [3.63, 3.8) is 0 Å². The summed E-state index contributed by atoms with van der Waals surface area (Å²) in [5, 5.41) is 0. The van der Waals surface area contributed by atoms with Crippen molar-refractivity contribution in [2.75, 3.05) is 18.1 Å². The lowest BCUT2D eigenvalue weighted by Crippen LogP contribution is -2.09. The van der Waals surface area contributed by atoms with Crippen molar-refractivity contribution in [1.29, 1.82) is 0 Å². The van der Waals surface area contributed by atoms with Crippen LogP contribution in [0, 0.1) is 0 Å². The Balaban J connectivity index is 2.24. The van der Waals surface area contributed by atoms with Gasteiger partial charge in [0.2, 0.25) is 0 Å². The van der Waals surface area contributed by atoms with Crippen LogP contribution in [0.3, 0.4) is 0 Å². The average molecular weight is 212 g/mol. The standard InChI is InChI=1S/C10H16N2OS/c11-5-1-8-14(13)9-4-10-2-6-12-7-3-10/h2-3,6-7H,1,4-5,8-9,11H2. The van der Waals surface area contributed by atoms with E-state index in [4.69, 9.17) is 5.73 Å². The predicted molar refractivity (Wildman–Crippen MR) is 59.5 cm³/mol. The first-order valence-electron chi connectivity index (χ1n) is 4.77. The molecule has 0 aliphatic carbocycles. The van der Waals surface area contributed by atoms with E-state index in [0.717, 1.165) is 24.3 Å². The largest absolute Gasteiger partial charge is 0.330 e. The smallest absolute Gasteiger partial charge is 0.0275 e. The van der Waals surface area contributed by atoms with Gasteiger partial charge in [-0.3, -0.25) is 9.19 Å². The van der Waals surface area contributed by atoms with Crippen LogP contribution >= 0.6 is 0 Å². The minimum absolute atomic E-state index is 0.626. The van der Waals surface area contributed by atoms with Gasteiger partial charge in [0.25, 0.3) is 0 Å². The Kier molecular flexibility index (Phi) is 5.40. The number of aromatic nitrogens is 1. The van der Waals surface area contributed by atoms with Gasteiger partial charge in [0.15, 0.2) is 0 Å². The fourth-order valence-corrected chi connectivity index (χ4v) is 2.28. The Morgan fingerprint density at radius 1 is 1.29 bits per heavy atom. The Morgan fingerprint density at radius 3 is 2.64 bits per heavy atom. The van der Waals surface area contributed by atoms with Gasteiger partial charge < -0.3 is 5.73 Å². The first-order valence-corrected chi connectivity index (χ1v) is 6.25. The monoisotopic (exact) mass is 212 g/mol. The highest BCUT2D eigenvalue weighted by atomic mass is 32.2. The van der Waals surface area contributed by atoms with E-state index in [-0.39, 0.29) is 0 Å². The maximum atomic E-state index is 11.4. The number of nitrogens with zero attached hydrogens (tertiary/aromatic N) is 1. The Hall–Kier alpha value is -0.740. The SMILES string of the molecule is NCCCS(=O)CCc1ccncc1. The Bertz CT molecular complexity index is 277. The maximum absolute atomic E-state index is 11.4. The molecule has 0 fully saturated rings. The van der Waals surface area contributed by atoms with Gasteiger partial charge in [-0.25, -0.2) is 0 Å². The van der Waals surface area contributed by atoms with Gasteiger partial charge in [-0.1, -0.05) is 0 Å². The van der Waals surface area contributed by atoms with Gasteiger partial charge in [0.05, 0.1) is 0 Å². The first-order chi connectivity index (χ1) is 6.83. The third kappa shape index (κ3) is 4.48. The van der Waals surface area contributed by atoms with E-state index >= 15 is 0 Å². The molecule has 1 aromatic heterocycles. The van der Waals surface area contributed by atoms with Crippen molar-refractivity contribution in [2.24, 2.45) is 5.73 Å². The van der Waals surface area contributed by atoms with E-state index in [1.54, 1.807) is 12.4 Å². The minimum Gasteiger partial charge on any atom is -0.330 e. The van der Waals surface area contributed by atoms with Crippen LogP contribution in [0.2, 0.25) is 0 Å².